The molecule has 0 aliphatic carbocycles. The van der Waals surface area contributed by atoms with Gasteiger partial charge in [-0.25, -0.2) is 9.97 Å². The number of β-amino-alcohol motifs (C(OH)–C–C–N with tert-alkyl or cyclic N) is 3. The number of carbonyl (C=O) groups excluding carboxylic acids is 8. The third-order valence-corrected chi connectivity index (χ3v) is 23.8. The molecule has 0 bridgehead atoms. The van der Waals surface area contributed by atoms with Crippen LogP contribution in [0.3, 0.4) is 0 Å². The van der Waals surface area contributed by atoms with Gasteiger partial charge in [0, 0.05) is 101 Å². The average Bonchev–Trinajstić information content (AvgIpc) is 1.63. The number of aryl methyl sites for hydroxylation is 5. The summed E-state index contributed by atoms with van der Waals surface area (Å²) in [6.07, 6.45) is 7.13. The van der Waals surface area contributed by atoms with Crippen LogP contribution in [0.5, 0.6) is 0 Å². The number of H-pyrrole nitrogens is 1. The molecule has 23 nitrogen and oxygen atoms in total. The quantitative estimate of drug-likeness (QED) is 0.0320. The lowest BCUT2D eigenvalue weighted by atomic mass is 9.94. The van der Waals surface area contributed by atoms with Crippen molar-refractivity contribution in [2.75, 3.05) is 19.6 Å². The maximum Gasteiger partial charge on any atom is 0.255 e. The number of imidazole rings is 1. The van der Waals surface area contributed by atoms with Crippen LogP contribution in [0, 0.1) is 24.7 Å². The molecule has 0 saturated carbocycles. The van der Waals surface area contributed by atoms with Crippen LogP contribution in [0.4, 0.5) is 0 Å². The SMILES string of the molecule is CC(C)[C@@H](C(=O)N1C[C@H](O)C[C@H]1C(=O)CCc1ccc(-c2cn[nH]n2)cc1)N1Cc2ccccc2C1=O.CC(C)[C@@H](C(=O)N1C[C@H](O)C[C@H]1C(=O)CCc1ccc(-c2cncn2C)cc1)N1Cc2ccccc2C1=O.CC[C@H](C)[C@H](NC(C)c1ccccc1)C(=O)N1C[C@H](O)C[C@H]1C(=O)CCc1ccc(-c2scnc2C)cc1. The number of benzene rings is 6. The zero-order valence-corrected chi connectivity index (χ0v) is 66.7. The summed E-state index contributed by atoms with van der Waals surface area (Å²) in [5.41, 5.74) is 15.0. The molecule has 6 aromatic carbocycles. The van der Waals surface area contributed by atoms with E-state index in [1.165, 1.54) is 9.80 Å². The number of aromatic nitrogens is 6. The Hall–Kier alpha value is -10.5. The van der Waals surface area contributed by atoms with Gasteiger partial charge in [-0.1, -0.05) is 187 Å². The number of hydrogen-bond acceptors (Lipinski definition) is 17. The van der Waals surface area contributed by atoms with Crippen LogP contribution < -0.4 is 5.32 Å². The molecule has 1 unspecified atom stereocenters. The zero-order valence-electron chi connectivity index (χ0n) is 65.8. The maximum atomic E-state index is 13.8. The molecule has 113 heavy (non-hydrogen) atoms. The first kappa shape index (κ1) is 82.0. The normalized spacial score (nSPS) is 19.8. The summed E-state index contributed by atoms with van der Waals surface area (Å²) in [5, 5.41) is 45.3. The highest BCUT2D eigenvalue weighted by molar-refractivity contribution is 7.13. The number of hydrogen-bond donors (Lipinski definition) is 5. The minimum atomic E-state index is -0.765. The van der Waals surface area contributed by atoms with Crippen LogP contribution in [-0.2, 0) is 68.2 Å². The number of Topliss-reactive ketones (excluding diaryl/α,β-unsaturated/α-hetero) is 3. The molecule has 9 aromatic rings. The Labute approximate surface area is 664 Å². The number of carbonyl (C=O) groups is 8. The Morgan fingerprint density at radius 3 is 1.38 bits per heavy atom. The number of aromatic amines is 1. The standard InChI is InChI=1S/C31H39N3O3S.C30H34N4O4.C28H31N5O4/c1-5-20(2)29(33-21(3)24-9-7-6-8-10-24)31(37)34-18-26(35)17-27(34)28(36)16-13-23-11-14-25(15-12-23)30-22(4)32-19-38-30;1-19(2)28(34-16-22-6-4-5-7-24(22)29(34)37)30(38)33-17-23(35)14-25(33)27(36)13-10-20-8-11-21(12-9-20)26-15-31-18-32(26)3;1-17(2)26(33-15-20-5-3-4-6-22(20)27(33)36)28(37)32-16-21(34)13-24(32)25(35)12-9-18-7-10-19(11-8-18)23-14-29-31-30-23/h6-12,14-15,19-21,26-27,29,33,35H,5,13,16-18H2,1-4H3;4-9,11-12,15,18-19,23,25,28,35H,10,13-14,16-17H2,1-3H3;3-8,10-11,14,17,21,24,26,34H,9,12-13,15-16H2,1-2H3,(H,29,30,31)/t20-,21?,26+,27-,29-;23-,25+,28+;21-,24+,26+/m011/s1. The number of rotatable bonds is 27. The highest BCUT2D eigenvalue weighted by Crippen LogP contribution is 2.35. The summed E-state index contributed by atoms with van der Waals surface area (Å²) >= 11 is 1.62. The van der Waals surface area contributed by atoms with Crippen LogP contribution >= 0.6 is 11.3 Å². The van der Waals surface area contributed by atoms with Gasteiger partial charge in [0.2, 0.25) is 17.7 Å². The molecular formula is C89H104N12O11S. The van der Waals surface area contributed by atoms with E-state index in [1.54, 1.807) is 50.7 Å². The van der Waals surface area contributed by atoms with E-state index in [0.717, 1.165) is 78.5 Å². The molecule has 0 spiro atoms. The minimum Gasteiger partial charge on any atom is -0.391 e. The van der Waals surface area contributed by atoms with Gasteiger partial charge in [-0.3, -0.25) is 43.7 Å². The molecule has 5 aliphatic heterocycles. The zero-order chi connectivity index (χ0) is 80.3. The van der Waals surface area contributed by atoms with Crippen molar-refractivity contribution >= 4 is 58.2 Å². The molecule has 8 heterocycles. The van der Waals surface area contributed by atoms with E-state index >= 15 is 0 Å². The van der Waals surface area contributed by atoms with E-state index in [1.807, 2.05) is 173 Å². The van der Waals surface area contributed by atoms with Crippen molar-refractivity contribution in [3.05, 3.63) is 226 Å². The number of likely N-dealkylation sites (tertiary alicyclic amines) is 3. The summed E-state index contributed by atoms with van der Waals surface area (Å²) in [5.74, 6) is -1.31. The van der Waals surface area contributed by atoms with Crippen LogP contribution in [0.1, 0.15) is 159 Å². The molecule has 24 heteroatoms. The van der Waals surface area contributed by atoms with Crippen molar-refractivity contribution in [1.29, 1.82) is 0 Å². The van der Waals surface area contributed by atoms with Crippen molar-refractivity contribution in [3.63, 3.8) is 0 Å². The number of ketones is 3. The van der Waals surface area contributed by atoms with Gasteiger partial charge in [0.25, 0.3) is 11.8 Å². The summed E-state index contributed by atoms with van der Waals surface area (Å²) < 4.78 is 1.95. The van der Waals surface area contributed by atoms with Gasteiger partial charge in [-0.15, -0.1) is 11.3 Å². The lowest BCUT2D eigenvalue weighted by molar-refractivity contribution is -0.143. The molecule has 5 amide bonds. The van der Waals surface area contributed by atoms with Crippen molar-refractivity contribution in [1.82, 2.24) is 59.8 Å². The molecule has 0 radical (unpaired) electrons. The Morgan fingerprint density at radius 1 is 0.549 bits per heavy atom. The molecule has 5 N–H and O–H groups in total. The van der Waals surface area contributed by atoms with Gasteiger partial charge in [0.1, 0.15) is 17.8 Å². The smallest absolute Gasteiger partial charge is 0.255 e. The molecule has 14 rings (SSSR count). The molecule has 11 atom stereocenters. The number of nitrogens with one attached hydrogen (secondary N) is 2. The van der Waals surface area contributed by atoms with E-state index in [4.69, 9.17) is 0 Å². The van der Waals surface area contributed by atoms with Crippen molar-refractivity contribution in [3.8, 4) is 33.0 Å². The summed E-state index contributed by atoms with van der Waals surface area (Å²) in [6, 6.07) is 45.1. The monoisotopic (exact) mass is 1550 g/mol. The number of thiazole rings is 1. The maximum absolute atomic E-state index is 13.8. The van der Waals surface area contributed by atoms with Gasteiger partial charge >= 0.3 is 0 Å². The number of aliphatic hydroxyl groups excluding tert-OH is 3. The second-order valence-electron chi connectivity index (χ2n) is 31.4. The predicted octanol–water partition coefficient (Wildman–Crippen LogP) is 11.2. The van der Waals surface area contributed by atoms with E-state index in [2.05, 4.69) is 75.7 Å². The second-order valence-corrected chi connectivity index (χ2v) is 32.3. The van der Waals surface area contributed by atoms with Crippen LogP contribution in [0.25, 0.3) is 33.0 Å². The lowest BCUT2D eigenvalue weighted by Gasteiger charge is -2.35. The van der Waals surface area contributed by atoms with Gasteiger partial charge in [0.05, 0.1) is 83.0 Å². The second kappa shape index (κ2) is 37.0. The first-order chi connectivity index (χ1) is 54.3. The Morgan fingerprint density at radius 2 is 0.982 bits per heavy atom. The van der Waals surface area contributed by atoms with E-state index in [-0.39, 0.29) is 116 Å². The Bertz CT molecular complexity index is 4800. The molecule has 3 aromatic heterocycles. The first-order valence-electron chi connectivity index (χ1n) is 39.5. The molecule has 592 valence electrons. The Kier molecular flexibility index (Phi) is 26.8. The molecular weight excluding hydrogens is 1450 g/mol. The van der Waals surface area contributed by atoms with Gasteiger partial charge < -0.3 is 44.4 Å². The first-order valence-corrected chi connectivity index (χ1v) is 40.4. The van der Waals surface area contributed by atoms with Crippen LogP contribution in [-0.4, -0.2) is 191 Å². The van der Waals surface area contributed by atoms with Crippen molar-refractivity contribution in [2.45, 2.75) is 193 Å². The van der Waals surface area contributed by atoms with Crippen LogP contribution in [0.15, 0.2) is 176 Å². The fourth-order valence-corrected chi connectivity index (χ4v) is 17.2. The van der Waals surface area contributed by atoms with Crippen LogP contribution in [0.2, 0.25) is 0 Å². The summed E-state index contributed by atoms with van der Waals surface area (Å²) in [6.45, 7) is 17.0. The number of amides is 5. The number of nitrogens with zero attached hydrogens (tertiary/aromatic N) is 10. The Balaban J connectivity index is 0.000000157. The highest BCUT2D eigenvalue weighted by Gasteiger charge is 2.48. The minimum absolute atomic E-state index is 0.0105. The van der Waals surface area contributed by atoms with E-state index in [9.17, 15) is 53.7 Å². The summed E-state index contributed by atoms with van der Waals surface area (Å²) in [7, 11) is 1.94. The number of fused-ring (bicyclic) bond motifs is 2. The van der Waals surface area contributed by atoms with Crippen molar-refractivity contribution < 1.29 is 53.7 Å². The fraction of sp³-hybridized carbons (Fsp3) is 0.416. The largest absolute Gasteiger partial charge is 0.391 e. The highest BCUT2D eigenvalue weighted by atomic mass is 32.1. The molecule has 5 aliphatic rings. The van der Waals surface area contributed by atoms with Gasteiger partial charge in [-0.2, -0.15) is 15.4 Å². The van der Waals surface area contributed by atoms with E-state index in [0.29, 0.717) is 56.3 Å². The van der Waals surface area contributed by atoms with Gasteiger partial charge in [0.15, 0.2) is 17.3 Å². The van der Waals surface area contributed by atoms with Gasteiger partial charge in [-0.05, 0) is 108 Å². The molecule has 3 fully saturated rings. The third kappa shape index (κ3) is 19.1. The third-order valence-electron chi connectivity index (χ3n) is 22.8. The van der Waals surface area contributed by atoms with Crippen molar-refractivity contribution in [2.24, 2.45) is 24.8 Å². The van der Waals surface area contributed by atoms with E-state index < -0.39 is 54.6 Å². The number of aliphatic hydroxyl groups is 3. The predicted molar refractivity (Wildman–Crippen MR) is 432 cm³/mol. The topological polar surface area (TPSA) is 298 Å². The fourth-order valence-electron chi connectivity index (χ4n) is 16.4. The summed E-state index contributed by atoms with van der Waals surface area (Å²) in [4.78, 5) is 125. The average molecular weight is 1550 g/mol. The lowest BCUT2D eigenvalue weighted by Crippen LogP contribution is -2.54. The molecule has 3 saturated heterocycles.